The summed E-state index contributed by atoms with van der Waals surface area (Å²) in [6.45, 7) is 6.64. The van der Waals surface area contributed by atoms with Crippen molar-refractivity contribution < 1.29 is 0 Å². The Hall–Kier alpha value is -1.08. The second-order valence-corrected chi connectivity index (χ2v) is 5.57. The summed E-state index contributed by atoms with van der Waals surface area (Å²) in [6.07, 6.45) is 2.84. The van der Waals surface area contributed by atoms with E-state index in [1.54, 1.807) is 0 Å². The lowest BCUT2D eigenvalue weighted by Crippen LogP contribution is -2.15. The molecule has 88 valence electrons. The molecule has 0 bridgehead atoms. The standard InChI is InChI=1S/C12H18N2OS/c1-10-8-16-11(15)14(10)7-5-4-6-12(2,3)9-13/h8H,4-7H2,1-3H3. The maximum Gasteiger partial charge on any atom is 0.307 e. The molecular formula is C12H18N2OS. The minimum atomic E-state index is -0.241. The van der Waals surface area contributed by atoms with Crippen molar-refractivity contribution in [1.29, 1.82) is 5.26 Å². The molecule has 16 heavy (non-hydrogen) atoms. The van der Waals surface area contributed by atoms with Crippen molar-refractivity contribution in [2.45, 2.75) is 46.6 Å². The maximum atomic E-state index is 11.4. The fraction of sp³-hybridized carbons (Fsp3) is 0.667. The minimum absolute atomic E-state index is 0.122. The van der Waals surface area contributed by atoms with Gasteiger partial charge >= 0.3 is 4.87 Å². The molecular weight excluding hydrogens is 220 g/mol. The molecule has 0 aliphatic rings. The zero-order valence-electron chi connectivity index (χ0n) is 10.1. The Labute approximate surface area is 100 Å². The van der Waals surface area contributed by atoms with E-state index >= 15 is 0 Å². The van der Waals surface area contributed by atoms with E-state index in [-0.39, 0.29) is 10.3 Å². The largest absolute Gasteiger partial charge is 0.307 e. The Morgan fingerprint density at radius 3 is 2.69 bits per heavy atom. The normalized spacial score (nSPS) is 11.4. The first-order chi connectivity index (χ1) is 7.46. The molecule has 0 N–H and O–H groups in total. The van der Waals surface area contributed by atoms with Crippen LogP contribution in [0.15, 0.2) is 10.2 Å². The molecule has 1 aromatic rings. The average molecular weight is 238 g/mol. The second-order valence-electron chi connectivity index (χ2n) is 4.75. The lowest BCUT2D eigenvalue weighted by Gasteiger charge is -2.14. The molecule has 0 fully saturated rings. The number of unbranched alkanes of at least 4 members (excludes halogenated alkanes) is 1. The molecule has 3 nitrogen and oxygen atoms in total. The van der Waals surface area contributed by atoms with Crippen LogP contribution in [0.2, 0.25) is 0 Å². The molecule has 0 amide bonds. The molecule has 0 unspecified atom stereocenters. The van der Waals surface area contributed by atoms with Crippen molar-refractivity contribution in [3.8, 4) is 6.07 Å². The van der Waals surface area contributed by atoms with E-state index < -0.39 is 0 Å². The number of nitrogens with zero attached hydrogens (tertiary/aromatic N) is 2. The zero-order valence-corrected chi connectivity index (χ0v) is 10.9. The molecule has 1 heterocycles. The zero-order chi connectivity index (χ0) is 12.2. The Morgan fingerprint density at radius 2 is 2.19 bits per heavy atom. The summed E-state index contributed by atoms with van der Waals surface area (Å²) in [7, 11) is 0. The molecule has 0 aliphatic carbocycles. The molecule has 0 radical (unpaired) electrons. The van der Waals surface area contributed by atoms with Crippen molar-refractivity contribution in [2.24, 2.45) is 5.41 Å². The molecule has 0 saturated carbocycles. The van der Waals surface area contributed by atoms with Gasteiger partial charge in [-0.25, -0.2) is 0 Å². The van der Waals surface area contributed by atoms with Gasteiger partial charge in [-0.3, -0.25) is 4.79 Å². The number of thiazole rings is 1. The number of nitriles is 1. The van der Waals surface area contributed by atoms with E-state index in [0.29, 0.717) is 0 Å². The van der Waals surface area contributed by atoms with E-state index in [1.165, 1.54) is 11.3 Å². The van der Waals surface area contributed by atoms with Gasteiger partial charge in [0.1, 0.15) is 0 Å². The lowest BCUT2D eigenvalue weighted by atomic mass is 9.89. The molecule has 0 atom stereocenters. The van der Waals surface area contributed by atoms with Gasteiger partial charge in [-0.05, 0) is 33.6 Å². The minimum Gasteiger partial charge on any atom is -0.303 e. The lowest BCUT2D eigenvalue weighted by molar-refractivity contribution is 0.415. The summed E-state index contributed by atoms with van der Waals surface area (Å²) in [5, 5.41) is 10.8. The van der Waals surface area contributed by atoms with Gasteiger partial charge in [0.25, 0.3) is 0 Å². The second kappa shape index (κ2) is 5.31. The van der Waals surface area contributed by atoms with E-state index in [2.05, 4.69) is 6.07 Å². The van der Waals surface area contributed by atoms with E-state index in [0.717, 1.165) is 31.5 Å². The fourth-order valence-corrected chi connectivity index (χ4v) is 2.33. The van der Waals surface area contributed by atoms with Crippen molar-refractivity contribution >= 4 is 11.3 Å². The first kappa shape index (κ1) is 13.0. The maximum absolute atomic E-state index is 11.4. The van der Waals surface area contributed by atoms with Crippen molar-refractivity contribution in [3.63, 3.8) is 0 Å². The van der Waals surface area contributed by atoms with Gasteiger partial charge in [-0.15, -0.1) is 0 Å². The third-order valence-corrected chi connectivity index (χ3v) is 3.59. The average Bonchev–Trinajstić information content (AvgIpc) is 2.55. The summed E-state index contributed by atoms with van der Waals surface area (Å²) in [5.74, 6) is 0. The highest BCUT2D eigenvalue weighted by Gasteiger charge is 2.15. The Balaban J connectivity index is 2.38. The number of aryl methyl sites for hydroxylation is 1. The van der Waals surface area contributed by atoms with Gasteiger partial charge in [0.15, 0.2) is 0 Å². The Kier molecular flexibility index (Phi) is 4.31. The van der Waals surface area contributed by atoms with Gasteiger partial charge in [-0.2, -0.15) is 5.26 Å². The highest BCUT2D eigenvalue weighted by atomic mass is 32.1. The summed E-state index contributed by atoms with van der Waals surface area (Å²) >= 11 is 1.25. The van der Waals surface area contributed by atoms with Gasteiger partial charge in [0.2, 0.25) is 0 Å². The van der Waals surface area contributed by atoms with Crippen LogP contribution in [0, 0.1) is 23.7 Å². The first-order valence-electron chi connectivity index (χ1n) is 5.52. The van der Waals surface area contributed by atoms with Crippen LogP contribution < -0.4 is 4.87 Å². The highest BCUT2D eigenvalue weighted by Crippen LogP contribution is 2.21. The van der Waals surface area contributed by atoms with E-state index in [1.807, 2.05) is 30.7 Å². The SMILES string of the molecule is Cc1csc(=O)n1CCCCC(C)(C)C#N. The van der Waals surface area contributed by atoms with Crippen LogP contribution in [-0.4, -0.2) is 4.57 Å². The molecule has 0 aliphatic heterocycles. The fourth-order valence-electron chi connectivity index (χ4n) is 1.57. The molecule has 0 saturated heterocycles. The summed E-state index contributed by atoms with van der Waals surface area (Å²) < 4.78 is 1.81. The van der Waals surface area contributed by atoms with Gasteiger partial charge in [0, 0.05) is 17.6 Å². The number of rotatable bonds is 5. The van der Waals surface area contributed by atoms with Crippen LogP contribution in [0.3, 0.4) is 0 Å². The van der Waals surface area contributed by atoms with E-state index in [4.69, 9.17) is 5.26 Å². The van der Waals surface area contributed by atoms with Gasteiger partial charge in [-0.1, -0.05) is 17.8 Å². The quantitative estimate of drug-likeness (QED) is 0.740. The summed E-state index contributed by atoms with van der Waals surface area (Å²) in [4.78, 5) is 11.5. The monoisotopic (exact) mass is 238 g/mol. The Bertz CT molecular complexity index is 437. The van der Waals surface area contributed by atoms with Crippen LogP contribution >= 0.6 is 11.3 Å². The molecule has 1 rings (SSSR count). The Morgan fingerprint density at radius 1 is 1.50 bits per heavy atom. The molecule has 4 heteroatoms. The van der Waals surface area contributed by atoms with E-state index in [9.17, 15) is 4.79 Å². The predicted octanol–water partition coefficient (Wildman–Crippen LogP) is 2.94. The topological polar surface area (TPSA) is 45.8 Å². The number of hydrogen-bond donors (Lipinski definition) is 0. The summed E-state index contributed by atoms with van der Waals surface area (Å²) in [6, 6.07) is 2.29. The van der Waals surface area contributed by atoms with Crippen molar-refractivity contribution in [1.82, 2.24) is 4.57 Å². The number of hydrogen-bond acceptors (Lipinski definition) is 3. The number of aromatic nitrogens is 1. The van der Waals surface area contributed by atoms with Gasteiger partial charge in [0.05, 0.1) is 11.5 Å². The first-order valence-corrected chi connectivity index (χ1v) is 6.40. The predicted molar refractivity (Wildman–Crippen MR) is 66.6 cm³/mol. The van der Waals surface area contributed by atoms with Crippen LogP contribution in [-0.2, 0) is 6.54 Å². The van der Waals surface area contributed by atoms with Crippen LogP contribution in [0.1, 0.15) is 38.8 Å². The van der Waals surface area contributed by atoms with Crippen LogP contribution in [0.4, 0.5) is 0 Å². The van der Waals surface area contributed by atoms with Crippen molar-refractivity contribution in [3.05, 3.63) is 20.7 Å². The highest BCUT2D eigenvalue weighted by molar-refractivity contribution is 7.07. The van der Waals surface area contributed by atoms with Crippen LogP contribution in [0.5, 0.6) is 0 Å². The third kappa shape index (κ3) is 3.49. The smallest absolute Gasteiger partial charge is 0.303 e. The van der Waals surface area contributed by atoms with Crippen molar-refractivity contribution in [2.75, 3.05) is 0 Å². The third-order valence-electron chi connectivity index (χ3n) is 2.71. The molecule has 0 aromatic carbocycles. The van der Waals surface area contributed by atoms with Crippen LogP contribution in [0.25, 0.3) is 0 Å². The summed E-state index contributed by atoms with van der Waals surface area (Å²) in [5.41, 5.74) is 0.795. The molecule has 0 spiro atoms. The molecule has 1 aromatic heterocycles. The van der Waals surface area contributed by atoms with Gasteiger partial charge < -0.3 is 4.57 Å².